The third kappa shape index (κ3) is 4.81. The molecule has 0 saturated heterocycles. The Morgan fingerprint density at radius 3 is 2.18 bits per heavy atom. The number of benzene rings is 6. The fraction of sp³-hybridized carbons (Fsp3) is 0.0750. The third-order valence-corrected chi connectivity index (χ3v) is 16.1. The van der Waals surface area contributed by atoms with Crippen molar-refractivity contribution >= 4 is 54.9 Å². The Bertz CT molecular complexity index is 2310. The number of imidazole rings is 1. The van der Waals surface area contributed by atoms with Crippen molar-refractivity contribution in [3.05, 3.63) is 157 Å². The molecular formula is C40H30GeN3Pt+. The fourth-order valence-electron chi connectivity index (χ4n) is 6.58. The van der Waals surface area contributed by atoms with E-state index in [2.05, 4.69) is 148 Å². The van der Waals surface area contributed by atoms with Gasteiger partial charge in [-0.05, 0) is 24.7 Å². The predicted octanol–water partition coefficient (Wildman–Crippen LogP) is 7.33. The number of aromatic nitrogens is 3. The molecule has 5 heteroatoms. The Hall–Kier alpha value is -4.18. The van der Waals surface area contributed by atoms with Crippen LogP contribution in [-0.2, 0) is 21.1 Å². The number of hydrogen-bond donors (Lipinski definition) is 0. The molecule has 1 aliphatic heterocycles. The fourth-order valence-corrected chi connectivity index (χ4v) is 12.7. The summed E-state index contributed by atoms with van der Waals surface area (Å²) >= 11 is -2.28. The molecule has 218 valence electrons. The van der Waals surface area contributed by atoms with Gasteiger partial charge >= 0.3 is 153 Å². The van der Waals surface area contributed by atoms with Crippen LogP contribution in [0.2, 0.25) is 11.5 Å². The summed E-state index contributed by atoms with van der Waals surface area (Å²) in [5.41, 5.74) is 9.40. The number of hydrogen-bond acceptors (Lipinski definition) is 0. The molecule has 0 saturated carbocycles. The van der Waals surface area contributed by atoms with E-state index in [0.29, 0.717) is 0 Å². The van der Waals surface area contributed by atoms with E-state index in [1.807, 2.05) is 36.4 Å². The van der Waals surface area contributed by atoms with E-state index in [4.69, 9.17) is 0 Å². The number of rotatable bonds is 2. The molecule has 8 aromatic rings. The van der Waals surface area contributed by atoms with Crippen LogP contribution in [0.5, 0.6) is 0 Å². The minimum absolute atomic E-state index is 0. The summed E-state index contributed by atoms with van der Waals surface area (Å²) in [5.74, 6) is 4.98. The summed E-state index contributed by atoms with van der Waals surface area (Å²) in [4.78, 5) is 0. The van der Waals surface area contributed by atoms with Crippen LogP contribution in [0, 0.1) is 31.5 Å². The first-order chi connectivity index (χ1) is 21.5. The van der Waals surface area contributed by atoms with Crippen molar-refractivity contribution in [3.8, 4) is 17.1 Å². The number of aryl methyl sites for hydroxylation is 1. The standard InChI is InChI=1S/C20H15GeN.C20H15N2.Pt/c1-21(2)16-10-4-6-13-19(16)22-18-12-5-3-8-14(18)15-9-7-11-17(21)20(15)22;1-16-11-13-18(14-12-16)22-15-21(17-7-3-2-4-8-17)19-9-5-6-10-20(19)22;/h3-11H,1-2H3;2-7,9-14H,1H3;/q-2;-1;+4. The smallest absolute Gasteiger partial charge is 4.00 e. The summed E-state index contributed by atoms with van der Waals surface area (Å²) in [7, 11) is 0. The largest absolute Gasteiger partial charge is 4.00 e. The Balaban J connectivity index is 0.000000141. The van der Waals surface area contributed by atoms with Gasteiger partial charge in [-0.1, -0.05) is 42.0 Å². The van der Waals surface area contributed by atoms with Crippen LogP contribution in [0.4, 0.5) is 0 Å². The van der Waals surface area contributed by atoms with Gasteiger partial charge in [-0.25, -0.2) is 0 Å². The minimum Gasteiger partial charge on any atom is 4.00 e. The maximum atomic E-state index is 3.51. The molecule has 0 bridgehead atoms. The molecule has 9 rings (SSSR count). The van der Waals surface area contributed by atoms with E-state index in [1.165, 1.54) is 37.5 Å². The van der Waals surface area contributed by atoms with Crippen LogP contribution in [0.25, 0.3) is 49.9 Å². The third-order valence-electron chi connectivity index (χ3n) is 8.80. The first kappa shape index (κ1) is 29.5. The Labute approximate surface area is 281 Å². The van der Waals surface area contributed by atoms with Crippen molar-refractivity contribution < 1.29 is 25.6 Å². The number of nitrogens with zero attached hydrogens (tertiary/aromatic N) is 3. The predicted molar refractivity (Wildman–Crippen MR) is 182 cm³/mol. The molecule has 6 aromatic carbocycles. The maximum Gasteiger partial charge on any atom is 4.00 e. The SMILES string of the molecule is Cc1ccc(-[n+]2[c-]n(-c3[c-]cccc3)c3ccccc32)cc1.[CH3][Ge]1([CH3])[c]2ccc[c-]c2-n2c3[c-]cccc3c3ccc[c]1c32.[Pt+4]. The first-order valence-corrected chi connectivity index (χ1v) is 21.3. The maximum absolute atomic E-state index is 3.51. The summed E-state index contributed by atoms with van der Waals surface area (Å²) in [6, 6.07) is 54.6. The van der Waals surface area contributed by atoms with Crippen LogP contribution in [0.3, 0.4) is 0 Å². The van der Waals surface area contributed by atoms with Crippen molar-refractivity contribution in [2.75, 3.05) is 0 Å². The average Bonchev–Trinajstić information content (AvgIpc) is 3.62. The van der Waals surface area contributed by atoms with Crippen molar-refractivity contribution in [1.29, 1.82) is 0 Å². The molecule has 45 heavy (non-hydrogen) atoms. The monoisotopic (exact) mass is 821 g/mol. The molecule has 0 amide bonds. The van der Waals surface area contributed by atoms with E-state index in [1.54, 1.807) is 4.40 Å². The van der Waals surface area contributed by atoms with Crippen LogP contribution in [0.15, 0.2) is 127 Å². The zero-order chi connectivity index (χ0) is 29.8. The van der Waals surface area contributed by atoms with Crippen LogP contribution in [0.1, 0.15) is 5.56 Å². The van der Waals surface area contributed by atoms with Crippen LogP contribution in [-0.4, -0.2) is 22.4 Å². The topological polar surface area (TPSA) is 13.7 Å². The molecule has 0 atom stereocenters. The van der Waals surface area contributed by atoms with Crippen LogP contribution < -0.4 is 13.4 Å². The summed E-state index contributed by atoms with van der Waals surface area (Å²) in [5, 5.41) is 2.65. The van der Waals surface area contributed by atoms with Gasteiger partial charge in [0, 0.05) is 0 Å². The first-order valence-electron chi connectivity index (χ1n) is 15.0. The molecule has 0 N–H and O–H groups in total. The quantitative estimate of drug-likeness (QED) is 0.0986. The van der Waals surface area contributed by atoms with Gasteiger partial charge in [0.1, 0.15) is 0 Å². The van der Waals surface area contributed by atoms with Crippen molar-refractivity contribution in [2.24, 2.45) is 0 Å². The second-order valence-corrected chi connectivity index (χ2v) is 20.9. The molecule has 1 aliphatic rings. The van der Waals surface area contributed by atoms with E-state index >= 15 is 0 Å². The number of para-hydroxylation sites is 6. The summed E-state index contributed by atoms with van der Waals surface area (Å²) in [6.45, 7) is 2.10. The summed E-state index contributed by atoms with van der Waals surface area (Å²) in [6.07, 6.45) is 3.44. The van der Waals surface area contributed by atoms with Gasteiger partial charge in [-0.3, -0.25) is 4.57 Å². The van der Waals surface area contributed by atoms with E-state index in [-0.39, 0.29) is 21.1 Å². The van der Waals surface area contributed by atoms with Gasteiger partial charge in [0.25, 0.3) is 6.33 Å². The van der Waals surface area contributed by atoms with Crippen molar-refractivity contribution in [2.45, 2.75) is 18.4 Å². The van der Waals surface area contributed by atoms with Crippen molar-refractivity contribution in [3.63, 3.8) is 0 Å². The van der Waals surface area contributed by atoms with E-state index < -0.39 is 13.3 Å². The zero-order valence-electron chi connectivity index (χ0n) is 25.3. The molecular weight excluding hydrogens is 790 g/mol. The average molecular weight is 820 g/mol. The molecule has 0 radical (unpaired) electrons. The molecule has 3 heterocycles. The molecule has 2 aromatic heterocycles. The van der Waals surface area contributed by atoms with Gasteiger partial charge in [-0.2, -0.15) is 30.3 Å². The second-order valence-electron chi connectivity index (χ2n) is 11.9. The van der Waals surface area contributed by atoms with Crippen molar-refractivity contribution in [1.82, 2.24) is 9.13 Å². The molecule has 0 aliphatic carbocycles. The molecule has 0 unspecified atom stereocenters. The molecule has 0 spiro atoms. The van der Waals surface area contributed by atoms with E-state index in [0.717, 1.165) is 22.4 Å². The minimum atomic E-state index is -2.28. The van der Waals surface area contributed by atoms with Crippen LogP contribution >= 0.6 is 0 Å². The van der Waals surface area contributed by atoms with Gasteiger partial charge in [-0.15, -0.1) is 0 Å². The zero-order valence-corrected chi connectivity index (χ0v) is 29.7. The Kier molecular flexibility index (Phi) is 7.63. The number of fused-ring (bicyclic) bond motifs is 6. The normalized spacial score (nSPS) is 12.8. The van der Waals surface area contributed by atoms with E-state index in [9.17, 15) is 0 Å². The van der Waals surface area contributed by atoms with Gasteiger partial charge in [0.2, 0.25) is 0 Å². The molecule has 3 nitrogen and oxygen atoms in total. The van der Waals surface area contributed by atoms with Gasteiger partial charge < -0.3 is 4.57 Å². The Morgan fingerprint density at radius 2 is 1.36 bits per heavy atom. The van der Waals surface area contributed by atoms with Gasteiger partial charge in [0.05, 0.1) is 16.7 Å². The second kappa shape index (κ2) is 11.6. The summed E-state index contributed by atoms with van der Waals surface area (Å²) < 4.78 is 9.60. The molecule has 0 fully saturated rings. The Morgan fingerprint density at radius 1 is 0.644 bits per heavy atom. The van der Waals surface area contributed by atoms with Gasteiger partial charge in [0.15, 0.2) is 0 Å².